The number of anilines is 1. The van der Waals surface area contributed by atoms with Crippen LogP contribution < -0.4 is 10.2 Å². The lowest BCUT2D eigenvalue weighted by atomic mass is 10.1. The fourth-order valence-corrected chi connectivity index (χ4v) is 5.17. The van der Waals surface area contributed by atoms with Crippen LogP contribution in [0.3, 0.4) is 0 Å². The summed E-state index contributed by atoms with van der Waals surface area (Å²) in [6.45, 7) is 2.77. The molecule has 2 N–H and O–H groups in total. The predicted octanol–water partition coefficient (Wildman–Crippen LogP) is 2.99. The minimum Gasteiger partial charge on any atom is -0.324 e. The van der Waals surface area contributed by atoms with Crippen LogP contribution in [0.25, 0.3) is 0 Å². The van der Waals surface area contributed by atoms with E-state index in [1.165, 1.54) is 28.8 Å². The molecule has 6 heteroatoms. The van der Waals surface area contributed by atoms with Gasteiger partial charge >= 0.3 is 0 Å². The van der Waals surface area contributed by atoms with Gasteiger partial charge < -0.3 is 10.2 Å². The van der Waals surface area contributed by atoms with Gasteiger partial charge in [-0.2, -0.15) is 16.6 Å². The van der Waals surface area contributed by atoms with Crippen LogP contribution in [0, 0.1) is 11.3 Å². The summed E-state index contributed by atoms with van der Waals surface area (Å²) in [6.07, 6.45) is 5.53. The van der Waals surface area contributed by atoms with Gasteiger partial charge in [-0.05, 0) is 55.0 Å². The van der Waals surface area contributed by atoms with Crippen LogP contribution in [0.1, 0.15) is 47.8 Å². The quantitative estimate of drug-likeness (QED) is 0.791. The second kappa shape index (κ2) is 8.13. The summed E-state index contributed by atoms with van der Waals surface area (Å²) >= 11 is 3.28. The van der Waals surface area contributed by atoms with Crippen LogP contribution in [-0.2, 0) is 24.2 Å². The molecule has 1 amide bonds. The van der Waals surface area contributed by atoms with E-state index in [1.807, 2.05) is 14.0 Å². The number of hydrogen-bond acceptors (Lipinski definition) is 4. The topological polar surface area (TPSA) is 57.3 Å². The lowest BCUT2D eigenvalue weighted by Crippen LogP contribution is -3.12. The van der Waals surface area contributed by atoms with Crippen LogP contribution in [0.15, 0.2) is 16.8 Å². The highest BCUT2D eigenvalue weighted by atomic mass is 32.1. The molecule has 0 aliphatic heterocycles. The van der Waals surface area contributed by atoms with E-state index in [4.69, 9.17) is 0 Å². The second-order valence-corrected chi connectivity index (χ2v) is 8.63. The molecule has 0 bridgehead atoms. The Morgan fingerprint density at radius 2 is 2.20 bits per heavy atom. The van der Waals surface area contributed by atoms with E-state index in [-0.39, 0.29) is 11.9 Å². The Bertz CT molecular complexity index is 773. The number of nitriles is 1. The first-order valence-electron chi connectivity index (χ1n) is 8.79. The average molecular weight is 375 g/mol. The summed E-state index contributed by atoms with van der Waals surface area (Å²) in [6, 6.07) is 4.26. The minimum absolute atomic E-state index is 0.0133. The van der Waals surface area contributed by atoms with E-state index >= 15 is 0 Å². The molecule has 1 unspecified atom stereocenters. The average Bonchev–Trinajstić information content (AvgIpc) is 3.15. The molecule has 0 radical (unpaired) electrons. The third-order valence-corrected chi connectivity index (χ3v) is 6.90. The SMILES string of the molecule is C[C@H](C(=O)Nc1sc2c(c1C#N)CCCCC2)[NH+](C)Cc1ccsc1. The Kier molecular flexibility index (Phi) is 5.89. The van der Waals surface area contributed by atoms with Gasteiger partial charge in [-0.3, -0.25) is 4.79 Å². The largest absolute Gasteiger partial charge is 0.324 e. The molecular weight excluding hydrogens is 350 g/mol. The van der Waals surface area contributed by atoms with E-state index in [1.54, 1.807) is 22.7 Å². The fraction of sp³-hybridized carbons (Fsp3) is 0.474. The predicted molar refractivity (Wildman–Crippen MR) is 103 cm³/mol. The van der Waals surface area contributed by atoms with Gasteiger partial charge in [-0.15, -0.1) is 11.3 Å². The number of carbonyl (C=O) groups is 1. The molecule has 0 saturated heterocycles. The van der Waals surface area contributed by atoms with Gasteiger partial charge in [0.15, 0.2) is 6.04 Å². The molecule has 0 saturated carbocycles. The smallest absolute Gasteiger partial charge is 0.283 e. The Labute approximate surface area is 157 Å². The van der Waals surface area contributed by atoms with Crippen molar-refractivity contribution in [3.05, 3.63) is 38.4 Å². The van der Waals surface area contributed by atoms with Crippen LogP contribution in [0.2, 0.25) is 0 Å². The maximum atomic E-state index is 12.7. The van der Waals surface area contributed by atoms with E-state index in [0.717, 1.165) is 35.7 Å². The molecule has 1 aliphatic carbocycles. The number of nitrogens with one attached hydrogen (secondary N) is 2. The maximum Gasteiger partial charge on any atom is 0.283 e. The number of thiophene rings is 2. The van der Waals surface area contributed by atoms with Crippen molar-refractivity contribution in [2.75, 3.05) is 12.4 Å². The van der Waals surface area contributed by atoms with Crippen molar-refractivity contribution in [1.29, 1.82) is 5.26 Å². The van der Waals surface area contributed by atoms with Crippen LogP contribution in [0.4, 0.5) is 5.00 Å². The van der Waals surface area contributed by atoms with Gasteiger partial charge in [0.2, 0.25) is 0 Å². The number of quaternary nitrogens is 1. The van der Waals surface area contributed by atoms with Gasteiger partial charge in [0.25, 0.3) is 5.91 Å². The number of amides is 1. The molecule has 2 aromatic heterocycles. The second-order valence-electron chi connectivity index (χ2n) is 6.75. The number of carbonyl (C=O) groups excluding carboxylic acids is 1. The highest BCUT2D eigenvalue weighted by Gasteiger charge is 2.26. The van der Waals surface area contributed by atoms with Crippen LogP contribution >= 0.6 is 22.7 Å². The van der Waals surface area contributed by atoms with E-state index in [9.17, 15) is 10.1 Å². The van der Waals surface area contributed by atoms with Crippen molar-refractivity contribution in [3.8, 4) is 6.07 Å². The first kappa shape index (κ1) is 18.1. The number of likely N-dealkylation sites (N-methyl/N-ethyl adjacent to an activating group) is 1. The van der Waals surface area contributed by atoms with Gasteiger partial charge in [0.05, 0.1) is 12.6 Å². The Morgan fingerprint density at radius 3 is 2.92 bits per heavy atom. The minimum atomic E-state index is -0.173. The van der Waals surface area contributed by atoms with Crippen molar-refractivity contribution in [2.45, 2.75) is 51.6 Å². The van der Waals surface area contributed by atoms with Gasteiger partial charge in [-0.25, -0.2) is 0 Å². The monoisotopic (exact) mass is 374 g/mol. The number of fused-ring (bicyclic) bond motifs is 1. The van der Waals surface area contributed by atoms with Crippen molar-refractivity contribution < 1.29 is 9.69 Å². The van der Waals surface area contributed by atoms with E-state index < -0.39 is 0 Å². The summed E-state index contributed by atoms with van der Waals surface area (Å²) in [4.78, 5) is 15.1. The van der Waals surface area contributed by atoms with Gasteiger partial charge in [-0.1, -0.05) is 6.42 Å². The summed E-state index contributed by atoms with van der Waals surface area (Å²) in [5.41, 5.74) is 3.12. The molecular formula is C19H24N3OS2+. The molecule has 3 rings (SSSR count). The standard InChI is InChI=1S/C19H23N3OS2/c1-13(22(2)11-14-8-9-24-12-14)18(23)21-19-16(10-20)15-6-4-3-5-7-17(15)25-19/h8-9,12-13H,3-7,11H2,1-2H3,(H,21,23)/p+1/t13-/m1/s1. The first-order chi connectivity index (χ1) is 12.1. The third-order valence-electron chi connectivity index (χ3n) is 4.97. The summed E-state index contributed by atoms with van der Waals surface area (Å²) < 4.78 is 0. The molecule has 4 nitrogen and oxygen atoms in total. The van der Waals surface area contributed by atoms with Crippen LogP contribution in [0.5, 0.6) is 0 Å². The third kappa shape index (κ3) is 4.12. The molecule has 2 heterocycles. The van der Waals surface area contributed by atoms with Crippen molar-refractivity contribution in [3.63, 3.8) is 0 Å². The molecule has 2 atom stereocenters. The number of rotatable bonds is 5. The molecule has 0 aromatic carbocycles. The van der Waals surface area contributed by atoms with Crippen molar-refractivity contribution in [2.24, 2.45) is 0 Å². The molecule has 2 aromatic rings. The van der Waals surface area contributed by atoms with E-state index in [2.05, 4.69) is 28.2 Å². The lowest BCUT2D eigenvalue weighted by Gasteiger charge is -2.20. The Hall–Kier alpha value is -1.68. The van der Waals surface area contributed by atoms with Crippen LogP contribution in [-0.4, -0.2) is 19.0 Å². The Morgan fingerprint density at radius 1 is 1.40 bits per heavy atom. The molecule has 1 aliphatic rings. The number of aryl methyl sites for hydroxylation is 1. The molecule has 0 fully saturated rings. The van der Waals surface area contributed by atoms with Crippen molar-refractivity contribution in [1.82, 2.24) is 0 Å². The zero-order chi connectivity index (χ0) is 17.8. The Balaban J connectivity index is 1.71. The highest BCUT2D eigenvalue weighted by Crippen LogP contribution is 2.36. The normalized spacial score (nSPS) is 16.4. The highest BCUT2D eigenvalue weighted by molar-refractivity contribution is 7.16. The lowest BCUT2D eigenvalue weighted by molar-refractivity contribution is -0.907. The van der Waals surface area contributed by atoms with Gasteiger partial charge in [0, 0.05) is 10.4 Å². The molecule has 0 spiro atoms. The van der Waals surface area contributed by atoms with E-state index in [0.29, 0.717) is 5.56 Å². The zero-order valence-electron chi connectivity index (χ0n) is 14.7. The number of nitrogens with zero attached hydrogens (tertiary/aromatic N) is 1. The summed E-state index contributed by atoms with van der Waals surface area (Å²) in [5.74, 6) is -0.0133. The fourth-order valence-electron chi connectivity index (χ4n) is 3.26. The molecule has 25 heavy (non-hydrogen) atoms. The number of hydrogen-bond donors (Lipinski definition) is 2. The summed E-state index contributed by atoms with van der Waals surface area (Å²) in [5, 5.41) is 17.6. The zero-order valence-corrected chi connectivity index (χ0v) is 16.4. The van der Waals surface area contributed by atoms with Crippen molar-refractivity contribution >= 4 is 33.6 Å². The summed E-state index contributed by atoms with van der Waals surface area (Å²) in [7, 11) is 2.04. The molecule has 132 valence electrons. The first-order valence-corrected chi connectivity index (χ1v) is 10.5. The van der Waals surface area contributed by atoms with Gasteiger partial charge in [0.1, 0.15) is 17.6 Å². The maximum absolute atomic E-state index is 12.7.